The SMILES string of the molecule is Cn1nccc1S(=O)(=O)NC1C(N)C2CCOC21. The van der Waals surface area contributed by atoms with Crippen molar-refractivity contribution < 1.29 is 13.2 Å². The second-order valence-electron chi connectivity index (χ2n) is 4.81. The van der Waals surface area contributed by atoms with Gasteiger partial charge in [0.05, 0.1) is 18.3 Å². The Morgan fingerprint density at radius 3 is 3.06 bits per heavy atom. The minimum Gasteiger partial charge on any atom is -0.376 e. The lowest BCUT2D eigenvalue weighted by Gasteiger charge is -2.45. The van der Waals surface area contributed by atoms with Crippen molar-refractivity contribution in [1.29, 1.82) is 0 Å². The van der Waals surface area contributed by atoms with Crippen LogP contribution < -0.4 is 10.5 Å². The Balaban J connectivity index is 1.79. The van der Waals surface area contributed by atoms with Gasteiger partial charge in [0.2, 0.25) is 0 Å². The average molecular weight is 272 g/mol. The molecule has 3 rings (SSSR count). The van der Waals surface area contributed by atoms with Crippen LogP contribution in [0.4, 0.5) is 0 Å². The van der Waals surface area contributed by atoms with Crippen LogP contribution in [0, 0.1) is 5.92 Å². The van der Waals surface area contributed by atoms with E-state index in [0.29, 0.717) is 6.61 Å². The highest BCUT2D eigenvalue weighted by molar-refractivity contribution is 7.89. The van der Waals surface area contributed by atoms with Crippen molar-refractivity contribution in [3.8, 4) is 0 Å². The van der Waals surface area contributed by atoms with Gasteiger partial charge in [-0.15, -0.1) is 0 Å². The number of hydrogen-bond acceptors (Lipinski definition) is 5. The molecule has 100 valence electrons. The Hall–Kier alpha value is -0.960. The number of fused-ring (bicyclic) bond motifs is 1. The van der Waals surface area contributed by atoms with Crippen LogP contribution in [0.5, 0.6) is 0 Å². The summed E-state index contributed by atoms with van der Waals surface area (Å²) in [7, 11) is -2.00. The fourth-order valence-corrected chi connectivity index (χ4v) is 4.17. The number of aryl methyl sites for hydroxylation is 1. The Morgan fingerprint density at radius 1 is 1.61 bits per heavy atom. The molecule has 0 aromatic carbocycles. The van der Waals surface area contributed by atoms with Crippen LogP contribution >= 0.6 is 0 Å². The van der Waals surface area contributed by atoms with Crippen LogP contribution in [0.3, 0.4) is 0 Å². The van der Waals surface area contributed by atoms with E-state index in [-0.39, 0.29) is 29.1 Å². The van der Waals surface area contributed by atoms with Gasteiger partial charge in [-0.3, -0.25) is 4.68 Å². The second kappa shape index (κ2) is 4.02. The largest absolute Gasteiger partial charge is 0.376 e. The summed E-state index contributed by atoms with van der Waals surface area (Å²) in [6, 6.07) is 0.956. The zero-order valence-corrected chi connectivity index (χ0v) is 10.8. The lowest BCUT2D eigenvalue weighted by atomic mass is 9.73. The summed E-state index contributed by atoms with van der Waals surface area (Å²) >= 11 is 0. The van der Waals surface area contributed by atoms with Crippen molar-refractivity contribution in [3.05, 3.63) is 12.3 Å². The molecule has 4 unspecified atom stereocenters. The average Bonchev–Trinajstić information content (AvgIpc) is 2.92. The summed E-state index contributed by atoms with van der Waals surface area (Å²) in [5.41, 5.74) is 5.98. The highest BCUT2D eigenvalue weighted by Crippen LogP contribution is 2.38. The first-order valence-electron chi connectivity index (χ1n) is 5.88. The Kier molecular flexibility index (Phi) is 2.70. The number of nitrogens with one attached hydrogen (secondary N) is 1. The van der Waals surface area contributed by atoms with E-state index in [1.54, 1.807) is 7.05 Å². The number of hydrogen-bond donors (Lipinski definition) is 2. The minimum atomic E-state index is -3.59. The zero-order valence-electron chi connectivity index (χ0n) is 9.98. The summed E-state index contributed by atoms with van der Waals surface area (Å²) in [5.74, 6) is 0.282. The number of nitrogens with zero attached hydrogens (tertiary/aromatic N) is 2. The molecular weight excluding hydrogens is 256 g/mol. The van der Waals surface area contributed by atoms with Crippen molar-refractivity contribution in [3.63, 3.8) is 0 Å². The number of sulfonamides is 1. The van der Waals surface area contributed by atoms with Gasteiger partial charge < -0.3 is 10.5 Å². The second-order valence-corrected chi connectivity index (χ2v) is 6.47. The molecule has 0 radical (unpaired) electrons. The molecule has 1 aromatic rings. The molecule has 1 aromatic heterocycles. The Bertz CT molecular complexity index is 555. The van der Waals surface area contributed by atoms with Gasteiger partial charge in [0.15, 0.2) is 5.03 Å². The van der Waals surface area contributed by atoms with E-state index in [1.165, 1.54) is 16.9 Å². The van der Waals surface area contributed by atoms with Crippen molar-refractivity contribution in [2.24, 2.45) is 18.7 Å². The quantitative estimate of drug-likeness (QED) is 0.721. The van der Waals surface area contributed by atoms with Crippen LogP contribution in [0.25, 0.3) is 0 Å². The Morgan fingerprint density at radius 2 is 2.39 bits per heavy atom. The van der Waals surface area contributed by atoms with Crippen LogP contribution in [0.1, 0.15) is 6.42 Å². The molecule has 2 aliphatic rings. The molecule has 0 spiro atoms. The summed E-state index contributed by atoms with van der Waals surface area (Å²) in [4.78, 5) is 0. The van der Waals surface area contributed by atoms with Gasteiger partial charge >= 0.3 is 0 Å². The summed E-state index contributed by atoms with van der Waals surface area (Å²) in [6.07, 6.45) is 2.28. The monoisotopic (exact) mass is 272 g/mol. The molecule has 1 aliphatic heterocycles. The first kappa shape index (κ1) is 12.1. The van der Waals surface area contributed by atoms with Crippen LogP contribution in [-0.2, 0) is 21.8 Å². The third-order valence-corrected chi connectivity index (χ3v) is 5.32. The van der Waals surface area contributed by atoms with Crippen LogP contribution in [-0.4, -0.2) is 43.0 Å². The van der Waals surface area contributed by atoms with E-state index in [4.69, 9.17) is 10.5 Å². The minimum absolute atomic E-state index is 0.0806. The summed E-state index contributed by atoms with van der Waals surface area (Å²) in [5, 5.41) is 3.99. The third kappa shape index (κ3) is 1.68. The molecule has 1 aliphatic carbocycles. The van der Waals surface area contributed by atoms with Crippen molar-refractivity contribution >= 4 is 10.0 Å². The fraction of sp³-hybridized carbons (Fsp3) is 0.700. The molecular formula is C10H16N4O3S. The molecule has 2 heterocycles. The van der Waals surface area contributed by atoms with E-state index < -0.39 is 10.0 Å². The smallest absolute Gasteiger partial charge is 0.258 e. The normalized spacial score (nSPS) is 35.2. The van der Waals surface area contributed by atoms with Gasteiger partial charge in [-0.25, -0.2) is 13.1 Å². The predicted molar refractivity (Wildman–Crippen MR) is 63.1 cm³/mol. The van der Waals surface area contributed by atoms with Gasteiger partial charge in [-0.05, 0) is 12.5 Å². The maximum atomic E-state index is 12.2. The molecule has 0 bridgehead atoms. The van der Waals surface area contributed by atoms with Crippen molar-refractivity contribution in [2.45, 2.75) is 29.6 Å². The molecule has 3 N–H and O–H groups in total. The number of aromatic nitrogens is 2. The number of ether oxygens (including phenoxy) is 1. The molecule has 8 heteroatoms. The van der Waals surface area contributed by atoms with Gasteiger partial charge in [0.1, 0.15) is 0 Å². The van der Waals surface area contributed by atoms with Gasteiger partial charge in [-0.2, -0.15) is 5.10 Å². The van der Waals surface area contributed by atoms with Gasteiger partial charge in [0.25, 0.3) is 10.0 Å². The standard InChI is InChI=1S/C10H16N4O3S/c1-14-7(2-4-12-14)18(15,16)13-9-8(11)6-3-5-17-10(6)9/h2,4,6,8-10,13H,3,5,11H2,1H3. The molecule has 1 saturated carbocycles. The lowest BCUT2D eigenvalue weighted by Crippen LogP contribution is -2.68. The first-order chi connectivity index (χ1) is 8.50. The highest BCUT2D eigenvalue weighted by Gasteiger charge is 2.53. The van der Waals surface area contributed by atoms with Gasteiger partial charge in [-0.1, -0.05) is 0 Å². The van der Waals surface area contributed by atoms with Crippen LogP contribution in [0.2, 0.25) is 0 Å². The third-order valence-electron chi connectivity index (χ3n) is 3.79. The molecule has 7 nitrogen and oxygen atoms in total. The summed E-state index contributed by atoms with van der Waals surface area (Å²) < 4.78 is 33.8. The number of rotatable bonds is 3. The van der Waals surface area contributed by atoms with E-state index in [1.807, 2.05) is 0 Å². The fourth-order valence-electron chi connectivity index (χ4n) is 2.76. The Labute approximate surface area is 105 Å². The molecule has 0 amide bonds. The van der Waals surface area contributed by atoms with Crippen molar-refractivity contribution in [1.82, 2.24) is 14.5 Å². The maximum Gasteiger partial charge on any atom is 0.258 e. The highest BCUT2D eigenvalue weighted by atomic mass is 32.2. The molecule has 18 heavy (non-hydrogen) atoms. The van der Waals surface area contributed by atoms with E-state index >= 15 is 0 Å². The van der Waals surface area contributed by atoms with E-state index in [0.717, 1.165) is 6.42 Å². The van der Waals surface area contributed by atoms with E-state index in [9.17, 15) is 8.42 Å². The maximum absolute atomic E-state index is 12.2. The molecule has 1 saturated heterocycles. The van der Waals surface area contributed by atoms with E-state index in [2.05, 4.69) is 9.82 Å². The predicted octanol–water partition coefficient (Wildman–Crippen LogP) is -1.19. The first-order valence-corrected chi connectivity index (χ1v) is 7.36. The molecule has 2 fully saturated rings. The van der Waals surface area contributed by atoms with Crippen LogP contribution in [0.15, 0.2) is 17.3 Å². The summed E-state index contributed by atoms with van der Waals surface area (Å²) in [6.45, 7) is 0.660. The number of nitrogens with two attached hydrogens (primary N) is 1. The van der Waals surface area contributed by atoms with Crippen molar-refractivity contribution in [2.75, 3.05) is 6.61 Å². The zero-order chi connectivity index (χ0) is 12.9. The molecule has 4 atom stereocenters. The van der Waals surface area contributed by atoms with Gasteiger partial charge in [0, 0.05) is 25.6 Å². The topological polar surface area (TPSA) is 99.2 Å². The lowest BCUT2D eigenvalue weighted by molar-refractivity contribution is -0.00928.